The quantitative estimate of drug-likeness (QED) is 0.632. The summed E-state index contributed by atoms with van der Waals surface area (Å²) in [6.07, 6.45) is 2.03. The molecule has 0 aliphatic heterocycles. The molecule has 0 bridgehead atoms. The minimum atomic E-state index is 0.746. The van der Waals surface area contributed by atoms with Crippen LogP contribution in [0.1, 0.15) is 18.9 Å². The van der Waals surface area contributed by atoms with E-state index in [0.29, 0.717) is 0 Å². The number of nitrogens with one attached hydrogen (secondary N) is 1. The van der Waals surface area contributed by atoms with E-state index in [4.69, 9.17) is 17.0 Å². The number of rotatable bonds is 6. The number of nitrogens with zero attached hydrogens (tertiary/aromatic N) is 1. The van der Waals surface area contributed by atoms with Crippen LogP contribution in [0.4, 0.5) is 5.69 Å². The van der Waals surface area contributed by atoms with E-state index in [0.717, 1.165) is 36.8 Å². The van der Waals surface area contributed by atoms with Crippen molar-refractivity contribution < 1.29 is 4.74 Å². The summed E-state index contributed by atoms with van der Waals surface area (Å²) >= 11 is 5.34. The average Bonchev–Trinajstić information content (AvgIpc) is 2.39. The number of anilines is 1. The second-order valence-corrected chi connectivity index (χ2v) is 4.64. The molecule has 1 aromatic carbocycles. The summed E-state index contributed by atoms with van der Waals surface area (Å²) in [7, 11) is 3.71. The Balaban J connectivity index is 2.42. The van der Waals surface area contributed by atoms with Gasteiger partial charge >= 0.3 is 0 Å². The summed E-state index contributed by atoms with van der Waals surface area (Å²) in [6.45, 7) is 3.81. The molecule has 1 aromatic rings. The summed E-state index contributed by atoms with van der Waals surface area (Å²) in [5.41, 5.74) is 2.37. The van der Waals surface area contributed by atoms with Crippen LogP contribution in [0.3, 0.4) is 0 Å². The lowest BCUT2D eigenvalue weighted by Gasteiger charge is -2.21. The fraction of sp³-hybridized carbons (Fsp3) is 0.500. The first kappa shape index (κ1) is 14.9. The maximum Gasteiger partial charge on any atom is 0.173 e. The topological polar surface area (TPSA) is 24.5 Å². The van der Waals surface area contributed by atoms with Gasteiger partial charge < -0.3 is 15.0 Å². The zero-order valence-electron chi connectivity index (χ0n) is 11.4. The Kier molecular flexibility index (Phi) is 6.68. The van der Waals surface area contributed by atoms with Crippen LogP contribution in [-0.2, 0) is 11.2 Å². The summed E-state index contributed by atoms with van der Waals surface area (Å²) < 4.78 is 5.03. The van der Waals surface area contributed by atoms with Crippen molar-refractivity contribution in [2.24, 2.45) is 0 Å². The van der Waals surface area contributed by atoms with Gasteiger partial charge in [-0.1, -0.05) is 19.1 Å². The molecule has 1 rings (SSSR count). The van der Waals surface area contributed by atoms with Crippen molar-refractivity contribution in [1.29, 1.82) is 0 Å². The van der Waals surface area contributed by atoms with Crippen LogP contribution in [0.25, 0.3) is 0 Å². The molecule has 4 heteroatoms. The fourth-order valence-corrected chi connectivity index (χ4v) is 1.80. The number of hydrogen-bond acceptors (Lipinski definition) is 2. The maximum absolute atomic E-state index is 5.34. The van der Waals surface area contributed by atoms with E-state index in [1.165, 1.54) is 5.56 Å². The van der Waals surface area contributed by atoms with Crippen molar-refractivity contribution in [3.8, 4) is 0 Å². The smallest absolute Gasteiger partial charge is 0.173 e. The van der Waals surface area contributed by atoms with Gasteiger partial charge in [-0.15, -0.1) is 0 Å². The van der Waals surface area contributed by atoms with E-state index in [1.807, 2.05) is 11.9 Å². The standard InChI is InChI=1S/C14H22N2OS/c1-4-12-6-8-13(9-7-12)15-14(18)16(2)10-5-11-17-3/h6-9H,4-5,10-11H2,1-3H3,(H,15,18). The number of benzene rings is 1. The lowest BCUT2D eigenvalue weighted by Crippen LogP contribution is -2.32. The van der Waals surface area contributed by atoms with Gasteiger partial charge in [-0.05, 0) is 42.8 Å². The molecule has 0 spiro atoms. The third-order valence-electron chi connectivity index (χ3n) is 2.80. The van der Waals surface area contributed by atoms with E-state index in [2.05, 4.69) is 36.5 Å². The van der Waals surface area contributed by atoms with Gasteiger partial charge in [-0.3, -0.25) is 0 Å². The molecule has 0 atom stereocenters. The monoisotopic (exact) mass is 266 g/mol. The summed E-state index contributed by atoms with van der Waals surface area (Å²) in [6, 6.07) is 8.37. The molecule has 0 unspecified atom stereocenters. The molecule has 0 fully saturated rings. The van der Waals surface area contributed by atoms with Gasteiger partial charge in [0.1, 0.15) is 0 Å². The van der Waals surface area contributed by atoms with Gasteiger partial charge in [0.25, 0.3) is 0 Å². The van der Waals surface area contributed by atoms with E-state index in [9.17, 15) is 0 Å². The minimum absolute atomic E-state index is 0.746. The van der Waals surface area contributed by atoms with Crippen LogP contribution in [0, 0.1) is 0 Å². The predicted molar refractivity (Wildman–Crippen MR) is 81.2 cm³/mol. The van der Waals surface area contributed by atoms with Crippen LogP contribution in [-0.4, -0.2) is 37.3 Å². The molecule has 18 heavy (non-hydrogen) atoms. The second-order valence-electron chi connectivity index (χ2n) is 4.25. The predicted octanol–water partition coefficient (Wildman–Crippen LogP) is 2.91. The van der Waals surface area contributed by atoms with E-state index in [1.54, 1.807) is 7.11 Å². The molecule has 0 aromatic heterocycles. The van der Waals surface area contributed by atoms with Crippen molar-refractivity contribution in [1.82, 2.24) is 4.90 Å². The van der Waals surface area contributed by atoms with Crippen molar-refractivity contribution in [3.05, 3.63) is 29.8 Å². The first-order chi connectivity index (χ1) is 8.67. The molecule has 3 nitrogen and oxygen atoms in total. The molecule has 0 saturated heterocycles. The number of aryl methyl sites for hydroxylation is 1. The van der Waals surface area contributed by atoms with E-state index < -0.39 is 0 Å². The Labute approximate surface area is 115 Å². The van der Waals surface area contributed by atoms with Gasteiger partial charge in [0.05, 0.1) is 0 Å². The zero-order chi connectivity index (χ0) is 13.4. The van der Waals surface area contributed by atoms with Crippen molar-refractivity contribution in [3.63, 3.8) is 0 Å². The highest BCUT2D eigenvalue weighted by Crippen LogP contribution is 2.10. The van der Waals surface area contributed by atoms with Crippen LogP contribution in [0.15, 0.2) is 24.3 Å². The highest BCUT2D eigenvalue weighted by Gasteiger charge is 2.04. The van der Waals surface area contributed by atoms with Crippen molar-refractivity contribution >= 4 is 23.0 Å². The molecule has 0 heterocycles. The molecule has 1 N–H and O–H groups in total. The Morgan fingerprint density at radius 1 is 1.33 bits per heavy atom. The lowest BCUT2D eigenvalue weighted by molar-refractivity contribution is 0.189. The van der Waals surface area contributed by atoms with Gasteiger partial charge in [0.2, 0.25) is 0 Å². The molecule has 100 valence electrons. The molecular formula is C14H22N2OS. The Morgan fingerprint density at radius 2 is 2.00 bits per heavy atom. The van der Waals surface area contributed by atoms with Gasteiger partial charge in [-0.25, -0.2) is 0 Å². The molecular weight excluding hydrogens is 244 g/mol. The Hall–Kier alpha value is -1.13. The summed E-state index contributed by atoms with van der Waals surface area (Å²) in [5.74, 6) is 0. The number of methoxy groups -OCH3 is 1. The molecule has 0 aliphatic rings. The zero-order valence-corrected chi connectivity index (χ0v) is 12.2. The van der Waals surface area contributed by atoms with Crippen LogP contribution in [0.2, 0.25) is 0 Å². The van der Waals surface area contributed by atoms with Gasteiger partial charge in [0, 0.05) is 33.0 Å². The number of ether oxygens (including phenoxy) is 1. The van der Waals surface area contributed by atoms with Gasteiger partial charge in [-0.2, -0.15) is 0 Å². The minimum Gasteiger partial charge on any atom is -0.385 e. The lowest BCUT2D eigenvalue weighted by atomic mass is 10.1. The number of hydrogen-bond donors (Lipinski definition) is 1. The third kappa shape index (κ3) is 5.02. The highest BCUT2D eigenvalue weighted by atomic mass is 32.1. The fourth-order valence-electron chi connectivity index (χ4n) is 1.59. The summed E-state index contributed by atoms with van der Waals surface area (Å²) in [4.78, 5) is 2.03. The van der Waals surface area contributed by atoms with Crippen LogP contribution in [0.5, 0.6) is 0 Å². The van der Waals surface area contributed by atoms with Crippen LogP contribution >= 0.6 is 12.2 Å². The molecule has 0 radical (unpaired) electrons. The third-order valence-corrected chi connectivity index (χ3v) is 3.22. The first-order valence-electron chi connectivity index (χ1n) is 6.27. The highest BCUT2D eigenvalue weighted by molar-refractivity contribution is 7.80. The Morgan fingerprint density at radius 3 is 2.56 bits per heavy atom. The largest absolute Gasteiger partial charge is 0.385 e. The Bertz CT molecular complexity index is 365. The van der Waals surface area contributed by atoms with E-state index in [-0.39, 0.29) is 0 Å². The second kappa shape index (κ2) is 8.06. The summed E-state index contributed by atoms with van der Waals surface area (Å²) in [5, 5.41) is 3.98. The van der Waals surface area contributed by atoms with Crippen molar-refractivity contribution in [2.75, 3.05) is 32.6 Å². The first-order valence-corrected chi connectivity index (χ1v) is 6.68. The molecule has 0 aliphatic carbocycles. The molecule has 0 saturated carbocycles. The van der Waals surface area contributed by atoms with Crippen molar-refractivity contribution in [2.45, 2.75) is 19.8 Å². The van der Waals surface area contributed by atoms with Gasteiger partial charge in [0.15, 0.2) is 5.11 Å². The average molecular weight is 266 g/mol. The van der Waals surface area contributed by atoms with E-state index >= 15 is 0 Å². The molecule has 0 amide bonds. The normalized spacial score (nSPS) is 10.2. The van der Waals surface area contributed by atoms with Crippen LogP contribution < -0.4 is 5.32 Å². The maximum atomic E-state index is 5.34. The number of thiocarbonyl (C=S) groups is 1. The SMILES string of the molecule is CCc1ccc(NC(=S)N(C)CCCOC)cc1.